The van der Waals surface area contributed by atoms with E-state index >= 15 is 0 Å². The molecule has 2 aromatic carbocycles. The maximum atomic E-state index is 12.2. The summed E-state index contributed by atoms with van der Waals surface area (Å²) in [7, 11) is 0. The summed E-state index contributed by atoms with van der Waals surface area (Å²) in [6.07, 6.45) is 0. The van der Waals surface area contributed by atoms with Gasteiger partial charge in [-0.05, 0) is 55.5 Å². The molecule has 0 aliphatic carbocycles. The predicted molar refractivity (Wildman–Crippen MR) is 107 cm³/mol. The van der Waals surface area contributed by atoms with E-state index in [9.17, 15) is 4.79 Å². The maximum Gasteiger partial charge on any atom is 0.234 e. The van der Waals surface area contributed by atoms with Gasteiger partial charge in [-0.2, -0.15) is 5.26 Å². The maximum absolute atomic E-state index is 12.2. The first kappa shape index (κ1) is 19.0. The van der Waals surface area contributed by atoms with E-state index in [1.165, 1.54) is 11.8 Å². The summed E-state index contributed by atoms with van der Waals surface area (Å²) in [5.74, 6) is 0.797. The third kappa shape index (κ3) is 4.67. The van der Waals surface area contributed by atoms with Crippen molar-refractivity contribution in [3.8, 4) is 17.5 Å². The van der Waals surface area contributed by atoms with Gasteiger partial charge in [-0.15, -0.1) is 10.2 Å². The highest BCUT2D eigenvalue weighted by Crippen LogP contribution is 2.25. The van der Waals surface area contributed by atoms with Gasteiger partial charge in [0.2, 0.25) is 5.91 Å². The van der Waals surface area contributed by atoms with Crippen molar-refractivity contribution in [1.82, 2.24) is 14.8 Å². The number of carbonyl (C=O) groups is 1. The minimum Gasteiger partial charge on any atom is -0.325 e. The molecule has 1 amide bonds. The lowest BCUT2D eigenvalue weighted by Gasteiger charge is -2.08. The number of benzene rings is 2. The zero-order valence-electron chi connectivity index (χ0n) is 14.5. The van der Waals surface area contributed by atoms with E-state index in [2.05, 4.69) is 15.5 Å². The average Bonchev–Trinajstić information content (AvgIpc) is 3.10. The number of rotatable bonds is 6. The smallest absolute Gasteiger partial charge is 0.234 e. The van der Waals surface area contributed by atoms with Crippen LogP contribution in [0.5, 0.6) is 0 Å². The summed E-state index contributed by atoms with van der Waals surface area (Å²) < 4.78 is 1.96. The fraction of sp³-hybridized carbons (Fsp3) is 0.158. The molecule has 0 unspecified atom stereocenters. The molecule has 3 rings (SSSR count). The normalized spacial score (nSPS) is 10.4. The predicted octanol–water partition coefficient (Wildman–Crippen LogP) is 4.22. The van der Waals surface area contributed by atoms with Crippen LogP contribution in [0.15, 0.2) is 53.7 Å². The number of carbonyl (C=O) groups excluding carboxylic acids is 1. The van der Waals surface area contributed by atoms with Crippen LogP contribution in [0.4, 0.5) is 5.69 Å². The molecule has 1 heterocycles. The number of thioether (sulfide) groups is 1. The fourth-order valence-corrected chi connectivity index (χ4v) is 3.38. The van der Waals surface area contributed by atoms with Crippen LogP contribution < -0.4 is 5.32 Å². The van der Waals surface area contributed by atoms with Gasteiger partial charge in [-0.25, -0.2) is 0 Å². The SMILES string of the molecule is CCn1c(SCC(=O)Nc2ccc(C#N)cc2)nnc1-c1ccc(Cl)cc1. The number of nitrogens with one attached hydrogen (secondary N) is 1. The second-order valence-electron chi connectivity index (χ2n) is 5.58. The quantitative estimate of drug-likeness (QED) is 0.629. The van der Waals surface area contributed by atoms with Crippen LogP contribution in [0.2, 0.25) is 5.02 Å². The number of halogens is 1. The minimum atomic E-state index is -0.150. The van der Waals surface area contributed by atoms with E-state index in [0.29, 0.717) is 28.0 Å². The van der Waals surface area contributed by atoms with Gasteiger partial charge in [0.25, 0.3) is 0 Å². The molecule has 1 aromatic heterocycles. The van der Waals surface area contributed by atoms with Crippen molar-refractivity contribution >= 4 is 35.0 Å². The monoisotopic (exact) mass is 397 g/mol. The molecule has 6 nitrogen and oxygen atoms in total. The summed E-state index contributed by atoms with van der Waals surface area (Å²) >= 11 is 7.26. The second-order valence-corrected chi connectivity index (χ2v) is 6.96. The summed E-state index contributed by atoms with van der Waals surface area (Å²) in [6.45, 7) is 2.69. The first-order chi connectivity index (χ1) is 13.1. The molecule has 0 saturated heterocycles. The topological polar surface area (TPSA) is 83.6 Å². The summed E-state index contributed by atoms with van der Waals surface area (Å²) in [4.78, 5) is 12.2. The van der Waals surface area contributed by atoms with Gasteiger partial charge in [-0.3, -0.25) is 4.79 Å². The number of amides is 1. The zero-order valence-corrected chi connectivity index (χ0v) is 16.1. The molecule has 0 bridgehead atoms. The Kier molecular flexibility index (Phi) is 6.12. The summed E-state index contributed by atoms with van der Waals surface area (Å²) in [6, 6.07) is 16.2. The van der Waals surface area contributed by atoms with Crippen molar-refractivity contribution in [3.63, 3.8) is 0 Å². The molecule has 1 N–H and O–H groups in total. The Labute approximate surface area is 166 Å². The van der Waals surface area contributed by atoms with Gasteiger partial charge in [0.15, 0.2) is 11.0 Å². The molecule has 8 heteroatoms. The lowest BCUT2D eigenvalue weighted by molar-refractivity contribution is -0.113. The molecule has 0 spiro atoms. The van der Waals surface area contributed by atoms with E-state index in [1.807, 2.05) is 41.8 Å². The highest BCUT2D eigenvalue weighted by atomic mass is 35.5. The van der Waals surface area contributed by atoms with Crippen LogP contribution in [0.3, 0.4) is 0 Å². The number of nitrogens with zero attached hydrogens (tertiary/aromatic N) is 4. The van der Waals surface area contributed by atoms with Crippen molar-refractivity contribution in [1.29, 1.82) is 5.26 Å². The van der Waals surface area contributed by atoms with E-state index in [4.69, 9.17) is 16.9 Å². The molecule has 136 valence electrons. The second kappa shape index (κ2) is 8.71. The lowest BCUT2D eigenvalue weighted by atomic mass is 10.2. The van der Waals surface area contributed by atoms with Crippen molar-refractivity contribution in [2.24, 2.45) is 0 Å². The van der Waals surface area contributed by atoms with E-state index < -0.39 is 0 Å². The average molecular weight is 398 g/mol. The van der Waals surface area contributed by atoms with Crippen molar-refractivity contribution in [2.75, 3.05) is 11.1 Å². The molecule has 27 heavy (non-hydrogen) atoms. The number of hydrogen-bond donors (Lipinski definition) is 1. The molecular formula is C19H16ClN5OS. The van der Waals surface area contributed by atoms with Gasteiger partial charge in [0.1, 0.15) is 0 Å². The van der Waals surface area contributed by atoms with Gasteiger partial charge >= 0.3 is 0 Å². The largest absolute Gasteiger partial charge is 0.325 e. The Bertz CT molecular complexity index is 977. The summed E-state index contributed by atoms with van der Waals surface area (Å²) in [5, 5.41) is 21.4. The van der Waals surface area contributed by atoms with Crippen LogP contribution >= 0.6 is 23.4 Å². The van der Waals surface area contributed by atoms with Gasteiger partial charge in [-0.1, -0.05) is 23.4 Å². The van der Waals surface area contributed by atoms with Crippen molar-refractivity contribution in [3.05, 3.63) is 59.1 Å². The van der Waals surface area contributed by atoms with Gasteiger partial charge in [0, 0.05) is 22.8 Å². The van der Waals surface area contributed by atoms with Gasteiger partial charge < -0.3 is 9.88 Å². The number of hydrogen-bond acceptors (Lipinski definition) is 5. The van der Waals surface area contributed by atoms with E-state index in [-0.39, 0.29) is 11.7 Å². The van der Waals surface area contributed by atoms with E-state index in [1.54, 1.807) is 24.3 Å². The fourth-order valence-electron chi connectivity index (χ4n) is 2.45. The Hall–Kier alpha value is -2.82. The van der Waals surface area contributed by atoms with Crippen molar-refractivity contribution in [2.45, 2.75) is 18.6 Å². The molecule has 0 saturated carbocycles. The molecule has 0 fully saturated rings. The minimum absolute atomic E-state index is 0.150. The number of anilines is 1. The standard InChI is InChI=1S/C19H16ClN5OS/c1-2-25-18(14-5-7-15(20)8-6-14)23-24-19(25)27-12-17(26)22-16-9-3-13(11-21)4-10-16/h3-10H,2,12H2,1H3,(H,22,26). The zero-order chi connectivity index (χ0) is 19.2. The van der Waals surface area contributed by atoms with Crippen LogP contribution in [-0.2, 0) is 11.3 Å². The van der Waals surface area contributed by atoms with Crippen LogP contribution in [0.1, 0.15) is 12.5 Å². The lowest BCUT2D eigenvalue weighted by Crippen LogP contribution is -2.14. The molecule has 0 atom stereocenters. The summed E-state index contributed by atoms with van der Waals surface area (Å²) in [5.41, 5.74) is 2.12. The number of aromatic nitrogens is 3. The molecule has 0 radical (unpaired) electrons. The van der Waals surface area contributed by atoms with Gasteiger partial charge in [0.05, 0.1) is 17.4 Å². The van der Waals surface area contributed by atoms with Crippen LogP contribution in [0.25, 0.3) is 11.4 Å². The van der Waals surface area contributed by atoms with Crippen LogP contribution in [0, 0.1) is 11.3 Å². The Morgan fingerprint density at radius 2 is 1.89 bits per heavy atom. The van der Waals surface area contributed by atoms with Crippen molar-refractivity contribution < 1.29 is 4.79 Å². The Balaban J connectivity index is 1.66. The van der Waals surface area contributed by atoms with E-state index in [0.717, 1.165) is 11.4 Å². The third-order valence-corrected chi connectivity index (χ3v) is 4.98. The molecule has 0 aliphatic heterocycles. The molecular weight excluding hydrogens is 382 g/mol. The molecule has 3 aromatic rings. The highest BCUT2D eigenvalue weighted by Gasteiger charge is 2.14. The molecule has 0 aliphatic rings. The first-order valence-electron chi connectivity index (χ1n) is 8.22. The highest BCUT2D eigenvalue weighted by molar-refractivity contribution is 7.99. The number of nitriles is 1. The first-order valence-corrected chi connectivity index (χ1v) is 9.59. The Morgan fingerprint density at radius 1 is 1.19 bits per heavy atom. The third-order valence-electron chi connectivity index (χ3n) is 3.77. The van der Waals surface area contributed by atoms with Crippen LogP contribution in [-0.4, -0.2) is 26.4 Å². The Morgan fingerprint density at radius 3 is 2.52 bits per heavy atom.